The van der Waals surface area contributed by atoms with Crippen LogP contribution in [0.25, 0.3) is 0 Å². The second kappa shape index (κ2) is 4.85. The zero-order chi connectivity index (χ0) is 12.3. The van der Waals surface area contributed by atoms with Crippen LogP contribution in [-0.4, -0.2) is 17.4 Å². The van der Waals surface area contributed by atoms with E-state index in [0.29, 0.717) is 12.3 Å². The lowest BCUT2D eigenvalue weighted by molar-refractivity contribution is -0.135. The summed E-state index contributed by atoms with van der Waals surface area (Å²) in [4.78, 5) is 23.2. The predicted molar refractivity (Wildman–Crippen MR) is 62.5 cm³/mol. The molecule has 2 amide bonds. The fourth-order valence-electron chi connectivity index (χ4n) is 2.07. The molecule has 1 rings (SSSR count). The first-order valence-corrected chi connectivity index (χ1v) is 5.97. The van der Waals surface area contributed by atoms with E-state index in [9.17, 15) is 9.59 Å². The second-order valence-corrected chi connectivity index (χ2v) is 5.41. The molecule has 1 fully saturated rings. The first-order valence-electron chi connectivity index (χ1n) is 5.97. The predicted octanol–water partition coefficient (Wildman–Crippen LogP) is 1.19. The topological polar surface area (TPSA) is 72.2 Å². The van der Waals surface area contributed by atoms with Crippen molar-refractivity contribution >= 4 is 11.8 Å². The number of carbonyl (C=O) groups is 2. The van der Waals surface area contributed by atoms with Crippen molar-refractivity contribution < 1.29 is 9.59 Å². The normalized spacial score (nSPS) is 20.0. The summed E-state index contributed by atoms with van der Waals surface area (Å²) in [6.07, 6.45) is 3.56. The van der Waals surface area contributed by atoms with Crippen molar-refractivity contribution in [1.82, 2.24) is 5.32 Å². The van der Waals surface area contributed by atoms with Crippen LogP contribution in [0.2, 0.25) is 0 Å². The number of nitrogens with two attached hydrogens (primary N) is 1. The Balaban J connectivity index is 2.62. The molecule has 1 atom stereocenters. The van der Waals surface area contributed by atoms with Gasteiger partial charge < -0.3 is 11.1 Å². The lowest BCUT2D eigenvalue weighted by Gasteiger charge is -2.33. The molecule has 0 aromatic carbocycles. The van der Waals surface area contributed by atoms with E-state index in [1.165, 1.54) is 0 Å². The van der Waals surface area contributed by atoms with Gasteiger partial charge in [0, 0.05) is 5.92 Å². The fraction of sp³-hybridized carbons (Fsp3) is 0.833. The number of carbonyl (C=O) groups excluding carboxylic acids is 2. The Kier molecular flexibility index (Phi) is 3.94. The zero-order valence-corrected chi connectivity index (χ0v) is 10.4. The van der Waals surface area contributed by atoms with Gasteiger partial charge in [-0.05, 0) is 32.1 Å². The number of primary amides is 1. The summed E-state index contributed by atoms with van der Waals surface area (Å²) >= 11 is 0. The molecule has 0 unspecified atom stereocenters. The molecule has 1 saturated carbocycles. The number of hydrogen-bond donors (Lipinski definition) is 2. The van der Waals surface area contributed by atoms with Crippen molar-refractivity contribution in [2.24, 2.45) is 17.6 Å². The fourth-order valence-corrected chi connectivity index (χ4v) is 2.07. The van der Waals surface area contributed by atoms with Crippen LogP contribution in [0.5, 0.6) is 0 Å². The maximum Gasteiger partial charge on any atom is 0.242 e. The minimum Gasteiger partial charge on any atom is -0.368 e. The van der Waals surface area contributed by atoms with Gasteiger partial charge in [0.25, 0.3) is 0 Å². The molecule has 0 aromatic rings. The number of rotatable bonds is 5. The van der Waals surface area contributed by atoms with E-state index >= 15 is 0 Å². The monoisotopic (exact) mass is 226 g/mol. The minimum atomic E-state index is -0.902. The highest BCUT2D eigenvalue weighted by molar-refractivity contribution is 5.91. The maximum absolute atomic E-state index is 11.8. The summed E-state index contributed by atoms with van der Waals surface area (Å²) in [5.74, 6) is -0.0629. The molecular weight excluding hydrogens is 204 g/mol. The van der Waals surface area contributed by atoms with Crippen LogP contribution >= 0.6 is 0 Å². The lowest BCUT2D eigenvalue weighted by Crippen LogP contribution is -2.57. The Morgan fingerprint density at radius 3 is 2.31 bits per heavy atom. The molecule has 0 saturated heterocycles. The van der Waals surface area contributed by atoms with Gasteiger partial charge in [0.15, 0.2) is 0 Å². The van der Waals surface area contributed by atoms with Crippen LogP contribution in [0, 0.1) is 11.8 Å². The van der Waals surface area contributed by atoms with Crippen LogP contribution < -0.4 is 11.1 Å². The summed E-state index contributed by atoms with van der Waals surface area (Å²) in [6, 6.07) is 0. The summed E-state index contributed by atoms with van der Waals surface area (Å²) in [7, 11) is 0. The first kappa shape index (κ1) is 13.0. The third-order valence-corrected chi connectivity index (χ3v) is 3.24. The molecule has 0 aromatic heterocycles. The second-order valence-electron chi connectivity index (χ2n) is 5.41. The molecule has 0 heterocycles. The molecule has 0 bridgehead atoms. The van der Waals surface area contributed by atoms with Gasteiger partial charge in [0.1, 0.15) is 5.54 Å². The number of hydrogen-bond acceptors (Lipinski definition) is 2. The summed E-state index contributed by atoms with van der Waals surface area (Å²) in [6.45, 7) is 5.74. The van der Waals surface area contributed by atoms with Gasteiger partial charge in [-0.25, -0.2) is 0 Å². The van der Waals surface area contributed by atoms with Gasteiger partial charge in [-0.2, -0.15) is 0 Å². The molecule has 4 nitrogen and oxygen atoms in total. The highest BCUT2D eigenvalue weighted by Crippen LogP contribution is 2.27. The van der Waals surface area contributed by atoms with Gasteiger partial charge in [0.05, 0.1) is 0 Å². The van der Waals surface area contributed by atoms with E-state index in [-0.39, 0.29) is 11.8 Å². The Labute approximate surface area is 97.0 Å². The van der Waals surface area contributed by atoms with Crippen LogP contribution in [-0.2, 0) is 9.59 Å². The Hall–Kier alpha value is -1.06. The smallest absolute Gasteiger partial charge is 0.242 e. The van der Waals surface area contributed by atoms with Gasteiger partial charge in [0.2, 0.25) is 11.8 Å². The quantitative estimate of drug-likeness (QED) is 0.739. The lowest BCUT2D eigenvalue weighted by atomic mass is 9.83. The molecule has 0 aliphatic heterocycles. The molecule has 3 N–H and O–H groups in total. The third-order valence-electron chi connectivity index (χ3n) is 3.24. The highest BCUT2D eigenvalue weighted by Gasteiger charge is 2.36. The average molecular weight is 226 g/mol. The molecule has 1 aliphatic rings. The summed E-state index contributed by atoms with van der Waals surface area (Å²) in [5, 5.41) is 2.81. The zero-order valence-electron chi connectivity index (χ0n) is 10.4. The molecule has 0 radical (unpaired) electrons. The van der Waals surface area contributed by atoms with Crippen molar-refractivity contribution in [1.29, 1.82) is 0 Å². The van der Waals surface area contributed by atoms with Gasteiger partial charge >= 0.3 is 0 Å². The maximum atomic E-state index is 11.8. The average Bonchev–Trinajstić information content (AvgIpc) is 1.97. The van der Waals surface area contributed by atoms with E-state index in [1.807, 2.05) is 13.8 Å². The molecule has 0 spiro atoms. The van der Waals surface area contributed by atoms with Crippen molar-refractivity contribution in [3.8, 4) is 0 Å². The summed E-state index contributed by atoms with van der Waals surface area (Å²) < 4.78 is 0. The van der Waals surface area contributed by atoms with Crippen molar-refractivity contribution in [2.45, 2.75) is 52.0 Å². The Morgan fingerprint density at radius 2 is 2.00 bits per heavy atom. The van der Waals surface area contributed by atoms with E-state index in [1.54, 1.807) is 6.92 Å². The van der Waals surface area contributed by atoms with E-state index < -0.39 is 11.4 Å². The van der Waals surface area contributed by atoms with Crippen LogP contribution in [0.1, 0.15) is 46.5 Å². The van der Waals surface area contributed by atoms with Crippen molar-refractivity contribution in [2.75, 3.05) is 0 Å². The van der Waals surface area contributed by atoms with E-state index in [2.05, 4.69) is 5.32 Å². The van der Waals surface area contributed by atoms with Crippen molar-refractivity contribution in [3.05, 3.63) is 0 Å². The molecular formula is C12H22N2O2. The molecule has 92 valence electrons. The standard InChI is InChI=1S/C12H22N2O2/c1-8(2)7-12(3,11(13)16)14-10(15)9-5-4-6-9/h8-9H,4-7H2,1-3H3,(H2,13,16)(H,14,15)/t12-/m1/s1. The molecule has 1 aliphatic carbocycles. The number of amides is 2. The minimum absolute atomic E-state index is 0.0202. The SMILES string of the molecule is CC(C)C[C@@](C)(NC(=O)C1CCC1)C(N)=O. The van der Waals surface area contributed by atoms with Crippen LogP contribution in [0.4, 0.5) is 0 Å². The van der Waals surface area contributed by atoms with Crippen LogP contribution in [0.15, 0.2) is 0 Å². The van der Waals surface area contributed by atoms with Crippen molar-refractivity contribution in [3.63, 3.8) is 0 Å². The van der Waals surface area contributed by atoms with E-state index in [0.717, 1.165) is 19.3 Å². The first-order chi connectivity index (χ1) is 7.35. The van der Waals surface area contributed by atoms with Gasteiger partial charge in [-0.3, -0.25) is 9.59 Å². The highest BCUT2D eigenvalue weighted by atomic mass is 16.2. The van der Waals surface area contributed by atoms with Crippen LogP contribution in [0.3, 0.4) is 0 Å². The Bertz CT molecular complexity index is 285. The Morgan fingerprint density at radius 1 is 1.44 bits per heavy atom. The van der Waals surface area contributed by atoms with Gasteiger partial charge in [-0.1, -0.05) is 20.3 Å². The molecule has 4 heteroatoms. The third kappa shape index (κ3) is 2.97. The summed E-state index contributed by atoms with van der Waals surface area (Å²) in [5.41, 5.74) is 4.47. The number of nitrogens with one attached hydrogen (secondary N) is 1. The largest absolute Gasteiger partial charge is 0.368 e. The van der Waals surface area contributed by atoms with E-state index in [4.69, 9.17) is 5.73 Å². The molecule has 16 heavy (non-hydrogen) atoms. The van der Waals surface area contributed by atoms with Gasteiger partial charge in [-0.15, -0.1) is 0 Å².